The van der Waals surface area contributed by atoms with E-state index >= 15 is 0 Å². The number of anilines is 1. The smallest absolute Gasteiger partial charge is 0.407 e. The van der Waals surface area contributed by atoms with Gasteiger partial charge in [-0.2, -0.15) is 0 Å². The summed E-state index contributed by atoms with van der Waals surface area (Å²) in [7, 11) is 1.58. The lowest BCUT2D eigenvalue weighted by atomic mass is 9.81. The number of benzene rings is 1. The van der Waals surface area contributed by atoms with E-state index in [-0.39, 0.29) is 169 Å². The zero-order valence-electron chi connectivity index (χ0n) is 56.7. The molecule has 0 aliphatic carbocycles. The van der Waals surface area contributed by atoms with E-state index in [1.54, 1.807) is 45.2 Å². The van der Waals surface area contributed by atoms with Gasteiger partial charge in [0.05, 0.1) is 100 Å². The number of hydrogen-bond donors (Lipinski definition) is 7. The first-order valence-corrected chi connectivity index (χ1v) is 35.1. The number of Topliss-reactive ketones (excluding diaryl/α,β-unsaturated/α-hetero) is 1. The maximum Gasteiger partial charge on any atom is 0.407 e. The van der Waals surface area contributed by atoms with Crippen LogP contribution in [0.2, 0.25) is 0 Å². The van der Waals surface area contributed by atoms with Crippen molar-refractivity contribution < 1.29 is 95.5 Å². The molecule has 98 heavy (non-hydrogen) atoms. The Bertz CT molecular complexity index is 3080. The topological polar surface area (TPSA) is 366 Å². The number of carbonyl (C=O) groups excluding carboxylic acids is 7. The maximum atomic E-state index is 14.5. The van der Waals surface area contributed by atoms with E-state index < -0.39 is 96.0 Å². The number of nitrogens with one attached hydrogen (secondary N) is 4. The van der Waals surface area contributed by atoms with Gasteiger partial charge in [-0.3, -0.25) is 38.7 Å². The molecule has 9 N–H and O–H groups in total. The average Bonchev–Trinajstić information content (AvgIpc) is 1.55. The standard InChI is InChI=1S/C70H100N8O20/c1-37(2)59(77-56(81)20-24-88-26-27-89-25-23-78-57(82)17-18-58(78)83)67(85)76-49(8-7-22-73-68(71)72)66(84)75-42-11-9-41(10-12-42)36-90-69(86)74-35-44(80)32-54-60(87-6)48-31-43(79)30-46-14-16-51-61(93-46)65-64-63(95-51)62-55(96-64)34-70(97-62,98-65)21-19-47-29-39(4)50(91-47)15-13-45-28-38(3)40(5)52(92-45)33-53(48)94-54/h9-12,17-18,37-38,44-55,59-65,80H,4-5,7-8,13-16,19-36H2,1-3,6H3,(H,74,86)(H,75,84)(H,76,85)(H,77,81)(H4,71,72,73)/t38-,44+,45+,46-,47+,48+,49+,50+,51+,52-,53+,54-,55-,59+,60-,61+,62+,63+,64-,65+,70+/m1/s1. The first kappa shape index (κ1) is 73.0. The minimum absolute atomic E-state index is 0.00348. The van der Waals surface area contributed by atoms with Crippen molar-refractivity contribution in [2.75, 3.05) is 58.5 Å². The van der Waals surface area contributed by atoms with Crippen LogP contribution in [0.1, 0.15) is 129 Å². The highest BCUT2D eigenvalue weighted by molar-refractivity contribution is 6.12. The van der Waals surface area contributed by atoms with Gasteiger partial charge in [-0.25, -0.2) is 4.79 Å². The van der Waals surface area contributed by atoms with Gasteiger partial charge in [0.2, 0.25) is 17.7 Å². The fourth-order valence-corrected chi connectivity index (χ4v) is 15.7. The van der Waals surface area contributed by atoms with Crippen molar-refractivity contribution >= 4 is 53.1 Å². The molecule has 0 aromatic heterocycles. The molecule has 0 saturated carbocycles. The van der Waals surface area contributed by atoms with E-state index in [4.69, 9.17) is 68.3 Å². The van der Waals surface area contributed by atoms with Crippen LogP contribution >= 0.6 is 0 Å². The van der Waals surface area contributed by atoms with E-state index in [0.717, 1.165) is 48.2 Å². The van der Waals surface area contributed by atoms with Crippen LogP contribution in [0.15, 0.2) is 65.7 Å². The molecule has 1 aromatic carbocycles. The third kappa shape index (κ3) is 18.1. The monoisotopic (exact) mass is 1370 g/mol. The van der Waals surface area contributed by atoms with Crippen LogP contribution in [0.5, 0.6) is 0 Å². The number of imide groups is 1. The summed E-state index contributed by atoms with van der Waals surface area (Å²) in [5.74, 6) is -3.99. The molecule has 28 nitrogen and oxygen atoms in total. The first-order chi connectivity index (χ1) is 47.1. The van der Waals surface area contributed by atoms with Crippen LogP contribution in [-0.4, -0.2) is 226 Å². The predicted octanol–water partition coefficient (Wildman–Crippen LogP) is 3.37. The molecule has 540 valence electrons. The van der Waals surface area contributed by atoms with Gasteiger partial charge in [0.15, 0.2) is 11.7 Å². The Labute approximate surface area is 571 Å². The van der Waals surface area contributed by atoms with Crippen LogP contribution in [0.4, 0.5) is 10.5 Å². The maximum absolute atomic E-state index is 14.5. The molecule has 28 heteroatoms. The number of fused-ring (bicyclic) bond motifs is 6. The molecular formula is C70H100N8O20. The number of aliphatic imine (C=N–C) groups is 1. The Morgan fingerprint density at radius 1 is 0.765 bits per heavy atom. The molecule has 12 bridgehead atoms. The number of methoxy groups -OCH3 is 1. The van der Waals surface area contributed by atoms with Crippen LogP contribution in [0, 0.1) is 17.8 Å². The normalized spacial score (nSPS) is 34.4. The number of nitrogens with zero attached hydrogens (tertiary/aromatic N) is 2. The van der Waals surface area contributed by atoms with Gasteiger partial charge in [-0.1, -0.05) is 46.1 Å². The molecule has 11 heterocycles. The van der Waals surface area contributed by atoms with Crippen molar-refractivity contribution in [1.29, 1.82) is 0 Å². The van der Waals surface area contributed by atoms with E-state index in [1.165, 1.54) is 12.2 Å². The number of rotatable bonds is 26. The van der Waals surface area contributed by atoms with Crippen molar-refractivity contribution in [2.24, 2.45) is 34.2 Å². The van der Waals surface area contributed by atoms with E-state index in [9.17, 15) is 38.7 Å². The Kier molecular flexibility index (Phi) is 24.6. The van der Waals surface area contributed by atoms with E-state index in [1.807, 2.05) is 0 Å². The quantitative estimate of drug-likeness (QED) is 0.0230. The fraction of sp³-hybridized carbons (Fsp3) is 0.714. The van der Waals surface area contributed by atoms with Gasteiger partial charge in [-0.05, 0) is 98.5 Å². The van der Waals surface area contributed by atoms with Crippen LogP contribution in [0.25, 0.3) is 0 Å². The summed E-state index contributed by atoms with van der Waals surface area (Å²) in [6.45, 7) is 15.1. The SMILES string of the molecule is C=C1C[C@@H]2CC[C@@]34C[C@H]5O[C@H]6[C@@H](O3)[C@H]3O[C@H](CC[C@@H]3O[C@H]6[C@H]5O4)CC(=O)C[C@@H]3[C@@H](OC)[C@@H](C[C@H](O)CNC(=O)OCc4ccc(NC(=O)[C@H](CCCN=C(N)N)NC(=O)[C@@H](NC(=O)CCOCCOCCN5C(=O)C=CC5=O)C(C)C)cc4)O[C@H]3C[C@H]3O[C@@H](CC[C@@H]1O2)C[C@@H](C)C3=C. The van der Waals surface area contributed by atoms with Crippen molar-refractivity contribution in [3.8, 4) is 0 Å². The largest absolute Gasteiger partial charge is 0.445 e. The molecular weight excluding hydrogens is 1270 g/mol. The van der Waals surface area contributed by atoms with Crippen LogP contribution in [-0.2, 0) is 92.2 Å². The number of carbonyl (C=O) groups is 7. The Morgan fingerprint density at radius 3 is 2.23 bits per heavy atom. The van der Waals surface area contributed by atoms with E-state index in [0.29, 0.717) is 49.8 Å². The second-order valence-corrected chi connectivity index (χ2v) is 28.3. The number of amides is 6. The number of ether oxygens (including phenoxy) is 12. The van der Waals surface area contributed by atoms with Crippen molar-refractivity contribution in [3.63, 3.8) is 0 Å². The van der Waals surface area contributed by atoms with Gasteiger partial charge in [-0.15, -0.1) is 0 Å². The third-order valence-corrected chi connectivity index (χ3v) is 20.8. The Hall–Kier alpha value is -6.28. The van der Waals surface area contributed by atoms with Crippen molar-refractivity contribution in [2.45, 2.75) is 246 Å². The Morgan fingerprint density at radius 2 is 1.48 bits per heavy atom. The molecule has 0 unspecified atom stereocenters. The molecule has 1 spiro atoms. The van der Waals surface area contributed by atoms with Gasteiger partial charge >= 0.3 is 6.09 Å². The van der Waals surface area contributed by atoms with Gasteiger partial charge in [0.25, 0.3) is 11.8 Å². The molecule has 12 rings (SSSR count). The molecule has 6 amide bonds. The zero-order valence-corrected chi connectivity index (χ0v) is 56.7. The second-order valence-electron chi connectivity index (χ2n) is 28.3. The summed E-state index contributed by atoms with van der Waals surface area (Å²) in [4.78, 5) is 96.8. The molecule has 0 radical (unpaired) electrons. The number of aliphatic hydroxyl groups excluding tert-OH is 1. The summed E-state index contributed by atoms with van der Waals surface area (Å²) in [6, 6.07) is 4.48. The van der Waals surface area contributed by atoms with Crippen LogP contribution < -0.4 is 32.7 Å². The number of guanidine groups is 1. The number of nitrogens with two attached hydrogens (primary N) is 2. The highest BCUT2D eigenvalue weighted by atomic mass is 16.8. The highest BCUT2D eigenvalue weighted by Crippen LogP contribution is 2.54. The molecule has 11 aliphatic heterocycles. The number of ketones is 1. The first-order valence-electron chi connectivity index (χ1n) is 35.1. The summed E-state index contributed by atoms with van der Waals surface area (Å²) in [6.07, 6.45) is 3.33. The number of hydrogen-bond acceptors (Lipinski definition) is 21. The van der Waals surface area contributed by atoms with E-state index in [2.05, 4.69) is 46.3 Å². The summed E-state index contributed by atoms with van der Waals surface area (Å²) < 4.78 is 77.3. The van der Waals surface area contributed by atoms with Gasteiger partial charge in [0.1, 0.15) is 55.0 Å². The lowest BCUT2D eigenvalue weighted by molar-refractivity contribution is -0.292. The minimum atomic E-state index is -1.10. The number of alkyl carbamates (subject to hydrolysis) is 1. The lowest BCUT2D eigenvalue weighted by Gasteiger charge is -2.47. The van der Waals surface area contributed by atoms with Crippen molar-refractivity contribution in [1.82, 2.24) is 20.9 Å². The minimum Gasteiger partial charge on any atom is -0.445 e. The fourth-order valence-electron chi connectivity index (χ4n) is 15.7. The molecule has 21 atom stereocenters. The van der Waals surface area contributed by atoms with Crippen molar-refractivity contribution in [3.05, 3.63) is 66.3 Å². The molecule has 10 fully saturated rings. The lowest BCUT2D eigenvalue weighted by Crippen LogP contribution is -2.61. The summed E-state index contributed by atoms with van der Waals surface area (Å²) >= 11 is 0. The third-order valence-electron chi connectivity index (χ3n) is 20.8. The van der Waals surface area contributed by atoms with Crippen LogP contribution in [0.3, 0.4) is 0 Å². The molecule has 1 aromatic rings. The summed E-state index contributed by atoms with van der Waals surface area (Å²) in [5, 5.41) is 22.6. The summed E-state index contributed by atoms with van der Waals surface area (Å²) in [5.41, 5.74) is 14.1. The highest BCUT2D eigenvalue weighted by Gasteiger charge is 2.69. The zero-order chi connectivity index (χ0) is 69.4. The molecule has 11 aliphatic rings. The molecule has 10 saturated heterocycles. The van der Waals surface area contributed by atoms with Gasteiger partial charge < -0.3 is 94.7 Å². The predicted molar refractivity (Wildman–Crippen MR) is 351 cm³/mol. The van der Waals surface area contributed by atoms with Gasteiger partial charge in [0, 0.05) is 88.9 Å². The Balaban J connectivity index is 0.659. The average molecular weight is 1370 g/mol. The second kappa shape index (κ2) is 33.0. The number of aliphatic hydroxyl groups is 1.